The van der Waals surface area contributed by atoms with Crippen molar-refractivity contribution >= 4 is 23.3 Å². The normalized spacial score (nSPS) is 19.9. The highest BCUT2D eigenvalue weighted by atomic mass is 35.5. The maximum absolute atomic E-state index is 10.9. The van der Waals surface area contributed by atoms with E-state index >= 15 is 0 Å². The molecule has 1 fully saturated rings. The Hall–Kier alpha value is -1.22. The SMILES string of the molecule is CC1CCN1c1ccc(Cl)c(C(=O)O)c1. The van der Waals surface area contributed by atoms with Crippen LogP contribution in [0.2, 0.25) is 5.02 Å². The van der Waals surface area contributed by atoms with E-state index in [0.717, 1.165) is 18.7 Å². The van der Waals surface area contributed by atoms with Gasteiger partial charge in [0.2, 0.25) is 0 Å². The molecule has 4 heteroatoms. The first-order chi connectivity index (χ1) is 7.09. The number of carboxylic acids is 1. The first-order valence-electron chi connectivity index (χ1n) is 4.89. The lowest BCUT2D eigenvalue weighted by Gasteiger charge is -2.41. The molecule has 15 heavy (non-hydrogen) atoms. The second-order valence-electron chi connectivity index (χ2n) is 3.80. The van der Waals surface area contributed by atoms with E-state index in [1.165, 1.54) is 0 Å². The summed E-state index contributed by atoms with van der Waals surface area (Å²) in [6.45, 7) is 3.11. The third kappa shape index (κ3) is 1.79. The van der Waals surface area contributed by atoms with E-state index in [2.05, 4.69) is 11.8 Å². The summed E-state index contributed by atoms with van der Waals surface area (Å²) in [6, 6.07) is 5.64. The summed E-state index contributed by atoms with van der Waals surface area (Å²) < 4.78 is 0. The smallest absolute Gasteiger partial charge is 0.337 e. The van der Waals surface area contributed by atoms with Gasteiger partial charge >= 0.3 is 5.97 Å². The van der Waals surface area contributed by atoms with Crippen molar-refractivity contribution in [3.05, 3.63) is 28.8 Å². The third-order valence-electron chi connectivity index (χ3n) is 2.83. The zero-order chi connectivity index (χ0) is 11.0. The standard InChI is InChI=1S/C11H12ClNO2/c1-7-4-5-13(7)8-2-3-10(12)9(6-8)11(14)15/h2-3,6-7H,4-5H2,1H3,(H,14,15). The van der Waals surface area contributed by atoms with Crippen LogP contribution in [0.3, 0.4) is 0 Å². The first-order valence-corrected chi connectivity index (χ1v) is 5.27. The zero-order valence-corrected chi connectivity index (χ0v) is 9.16. The Bertz CT molecular complexity index is 406. The maximum atomic E-state index is 10.9. The highest BCUT2D eigenvalue weighted by Crippen LogP contribution is 2.29. The number of carbonyl (C=O) groups is 1. The van der Waals surface area contributed by atoms with Crippen LogP contribution in [0, 0.1) is 0 Å². The van der Waals surface area contributed by atoms with Crippen LogP contribution in [0.4, 0.5) is 5.69 Å². The van der Waals surface area contributed by atoms with E-state index < -0.39 is 5.97 Å². The molecule has 0 amide bonds. The van der Waals surface area contributed by atoms with Crippen molar-refractivity contribution in [1.29, 1.82) is 0 Å². The number of anilines is 1. The van der Waals surface area contributed by atoms with Gasteiger partial charge in [-0.1, -0.05) is 11.6 Å². The predicted octanol–water partition coefficient (Wildman–Crippen LogP) is 2.64. The lowest BCUT2D eigenvalue weighted by atomic mass is 10.0. The van der Waals surface area contributed by atoms with Gasteiger partial charge in [0.05, 0.1) is 10.6 Å². The van der Waals surface area contributed by atoms with Gasteiger partial charge in [-0.15, -0.1) is 0 Å². The molecule has 0 radical (unpaired) electrons. The molecule has 3 nitrogen and oxygen atoms in total. The molecule has 0 aliphatic carbocycles. The Morgan fingerprint density at radius 3 is 2.80 bits per heavy atom. The van der Waals surface area contributed by atoms with E-state index in [1.54, 1.807) is 12.1 Å². The Morgan fingerprint density at radius 1 is 1.60 bits per heavy atom. The van der Waals surface area contributed by atoms with Crippen LogP contribution in [-0.4, -0.2) is 23.7 Å². The monoisotopic (exact) mass is 225 g/mol. The molecule has 2 rings (SSSR count). The molecule has 1 N–H and O–H groups in total. The molecule has 0 aromatic heterocycles. The molecule has 1 unspecified atom stereocenters. The Balaban J connectivity index is 2.34. The fourth-order valence-corrected chi connectivity index (χ4v) is 1.95. The Kier molecular flexibility index (Phi) is 2.57. The minimum absolute atomic E-state index is 0.174. The lowest BCUT2D eigenvalue weighted by molar-refractivity contribution is 0.0697. The van der Waals surface area contributed by atoms with Crippen LogP contribution in [0.25, 0.3) is 0 Å². The van der Waals surface area contributed by atoms with Crippen LogP contribution in [-0.2, 0) is 0 Å². The molecular weight excluding hydrogens is 214 g/mol. The first kappa shape index (κ1) is 10.3. The van der Waals surface area contributed by atoms with Crippen molar-refractivity contribution in [1.82, 2.24) is 0 Å². The van der Waals surface area contributed by atoms with Gasteiger partial charge in [0.1, 0.15) is 0 Å². The summed E-state index contributed by atoms with van der Waals surface area (Å²) in [5, 5.41) is 9.22. The number of carboxylic acid groups (broad SMARTS) is 1. The average molecular weight is 226 g/mol. The number of hydrogen-bond donors (Lipinski definition) is 1. The largest absolute Gasteiger partial charge is 0.478 e. The molecule has 0 bridgehead atoms. The second kappa shape index (κ2) is 3.74. The number of nitrogens with zero attached hydrogens (tertiary/aromatic N) is 1. The fourth-order valence-electron chi connectivity index (χ4n) is 1.76. The molecule has 1 saturated heterocycles. The second-order valence-corrected chi connectivity index (χ2v) is 4.21. The molecular formula is C11H12ClNO2. The van der Waals surface area contributed by atoms with Crippen molar-refractivity contribution in [2.75, 3.05) is 11.4 Å². The lowest BCUT2D eigenvalue weighted by Crippen LogP contribution is -2.45. The quantitative estimate of drug-likeness (QED) is 0.841. The molecule has 1 aromatic carbocycles. The van der Waals surface area contributed by atoms with Crippen molar-refractivity contribution < 1.29 is 9.90 Å². The molecule has 1 atom stereocenters. The van der Waals surface area contributed by atoms with Gasteiger partial charge in [0.25, 0.3) is 0 Å². The van der Waals surface area contributed by atoms with Gasteiger partial charge in [-0.25, -0.2) is 4.79 Å². The maximum Gasteiger partial charge on any atom is 0.337 e. The third-order valence-corrected chi connectivity index (χ3v) is 3.16. The summed E-state index contributed by atoms with van der Waals surface area (Å²) in [5.41, 5.74) is 1.11. The number of aromatic carboxylic acids is 1. The van der Waals surface area contributed by atoms with Gasteiger partial charge < -0.3 is 10.0 Å². The van der Waals surface area contributed by atoms with Crippen molar-refractivity contribution in [3.8, 4) is 0 Å². The number of halogens is 1. The summed E-state index contributed by atoms with van der Waals surface area (Å²) >= 11 is 5.79. The van der Waals surface area contributed by atoms with Crippen LogP contribution in [0.15, 0.2) is 18.2 Å². The average Bonchev–Trinajstić information content (AvgIpc) is 2.18. The molecule has 1 aliphatic rings. The van der Waals surface area contributed by atoms with Crippen LogP contribution in [0.5, 0.6) is 0 Å². The molecule has 1 heterocycles. The van der Waals surface area contributed by atoms with Crippen LogP contribution >= 0.6 is 11.6 Å². The topological polar surface area (TPSA) is 40.5 Å². The van der Waals surface area contributed by atoms with Crippen molar-refractivity contribution in [2.45, 2.75) is 19.4 Å². The van der Waals surface area contributed by atoms with Gasteiger partial charge in [-0.3, -0.25) is 0 Å². The van der Waals surface area contributed by atoms with E-state index in [4.69, 9.17) is 16.7 Å². The Morgan fingerprint density at radius 2 is 2.33 bits per heavy atom. The van der Waals surface area contributed by atoms with Gasteiger partial charge in [0, 0.05) is 18.3 Å². The summed E-state index contributed by atoms with van der Waals surface area (Å²) in [5.74, 6) is -0.977. The summed E-state index contributed by atoms with van der Waals surface area (Å²) in [7, 11) is 0. The minimum Gasteiger partial charge on any atom is -0.478 e. The van der Waals surface area contributed by atoms with Crippen LogP contribution < -0.4 is 4.90 Å². The molecule has 1 aromatic rings. The number of rotatable bonds is 2. The minimum atomic E-state index is -0.977. The molecule has 1 aliphatic heterocycles. The number of benzene rings is 1. The van der Waals surface area contributed by atoms with E-state index in [-0.39, 0.29) is 5.56 Å². The fraction of sp³-hybridized carbons (Fsp3) is 0.364. The molecule has 80 valence electrons. The summed E-state index contributed by atoms with van der Waals surface area (Å²) in [6.07, 6.45) is 1.16. The highest BCUT2D eigenvalue weighted by Gasteiger charge is 2.24. The molecule has 0 spiro atoms. The predicted molar refractivity (Wildman–Crippen MR) is 59.8 cm³/mol. The van der Waals surface area contributed by atoms with Gasteiger partial charge in [-0.2, -0.15) is 0 Å². The number of hydrogen-bond acceptors (Lipinski definition) is 2. The van der Waals surface area contributed by atoms with Crippen LogP contribution in [0.1, 0.15) is 23.7 Å². The molecule has 0 saturated carbocycles. The van der Waals surface area contributed by atoms with E-state index in [0.29, 0.717) is 11.1 Å². The Labute approximate surface area is 93.3 Å². The van der Waals surface area contributed by atoms with E-state index in [9.17, 15) is 4.79 Å². The van der Waals surface area contributed by atoms with Gasteiger partial charge in [0.15, 0.2) is 0 Å². The van der Waals surface area contributed by atoms with E-state index in [1.807, 2.05) is 6.07 Å². The van der Waals surface area contributed by atoms with Crippen molar-refractivity contribution in [2.24, 2.45) is 0 Å². The highest BCUT2D eigenvalue weighted by molar-refractivity contribution is 6.33. The zero-order valence-electron chi connectivity index (χ0n) is 8.40. The summed E-state index contributed by atoms with van der Waals surface area (Å²) in [4.78, 5) is 13.1. The van der Waals surface area contributed by atoms with Crippen molar-refractivity contribution in [3.63, 3.8) is 0 Å². The van der Waals surface area contributed by atoms with Gasteiger partial charge in [-0.05, 0) is 31.5 Å².